The summed E-state index contributed by atoms with van der Waals surface area (Å²) < 4.78 is 37.7. The topological polar surface area (TPSA) is 318 Å². The number of aryl methyl sites for hydroxylation is 4. The molecule has 2 aromatic heterocycles. The van der Waals surface area contributed by atoms with Crippen molar-refractivity contribution >= 4 is 58.7 Å². The second-order valence-corrected chi connectivity index (χ2v) is 38.7. The fourth-order valence-corrected chi connectivity index (χ4v) is 17.2. The first-order valence-electron chi connectivity index (χ1n) is 53.7. The predicted octanol–water partition coefficient (Wildman–Crippen LogP) is 32.5. The number of Topliss-reactive ketones (excluding diaryl/α,β-unsaturated/α-hetero) is 2. The van der Waals surface area contributed by atoms with Gasteiger partial charge in [-0.05, 0) is 235 Å². The van der Waals surface area contributed by atoms with Crippen LogP contribution < -0.4 is 14.2 Å². The number of unbranched alkanes of at least 4 members (excludes halogenated alkanes) is 24. The Morgan fingerprint density at radius 2 is 0.647 bits per heavy atom. The molecule has 23 heteroatoms. The van der Waals surface area contributed by atoms with Crippen LogP contribution in [-0.4, -0.2) is 126 Å². The first-order valence-corrected chi connectivity index (χ1v) is 54.5. The molecule has 796 valence electrons. The van der Waals surface area contributed by atoms with E-state index in [2.05, 4.69) is 105 Å². The number of carbonyl (C=O) groups excluding carboxylic acids is 3. The second kappa shape index (κ2) is 69.9. The van der Waals surface area contributed by atoms with Crippen LogP contribution in [0.4, 0.5) is 4.39 Å². The lowest BCUT2D eigenvalue weighted by atomic mass is 9.99. The number of ether oxygens (including phenoxy) is 4. The third-order valence-electron chi connectivity index (χ3n) is 25.3. The van der Waals surface area contributed by atoms with Crippen molar-refractivity contribution in [2.75, 3.05) is 33.0 Å². The molecule has 0 aliphatic rings. The SMILES string of the molecule is CCCCCCCC(=O)COc1nc(-c2ccc(C(=O)O)cc2)sc1C.CCCCCCCCCCOc1ccc(-c2ccc(C(=O)O)cc2)cc1.CCCCCCCCc1ccc(-c2ccc(C(=O)n3cnc(CC(C)=O)n3)cc2)cc1.CCCCCCCc1ccc(-c2ccc(C(=O)O)cc2F)cc1.CCCCCCc1ccc(-c2ccc(C(=O)O)cc2)cc1.CCCCOCCOc1ccc(-c2ccc(C(=O)O)cc2)cc1. The molecule has 0 aliphatic carbocycles. The lowest BCUT2D eigenvalue weighted by molar-refractivity contribution is -0.121. The highest BCUT2D eigenvalue weighted by Gasteiger charge is 2.19. The molecule has 13 aromatic rings. The molecular formula is C127H153FN4O17S. The van der Waals surface area contributed by atoms with Gasteiger partial charge in [-0.1, -0.05) is 359 Å². The van der Waals surface area contributed by atoms with Gasteiger partial charge < -0.3 is 44.5 Å². The van der Waals surface area contributed by atoms with Gasteiger partial charge in [-0.25, -0.2) is 38.3 Å². The molecule has 13 rings (SSSR count). The Morgan fingerprint density at radius 1 is 0.327 bits per heavy atom. The summed E-state index contributed by atoms with van der Waals surface area (Å²) >= 11 is 1.47. The van der Waals surface area contributed by atoms with Crippen LogP contribution in [0.5, 0.6) is 17.4 Å². The molecule has 0 bridgehead atoms. The first kappa shape index (κ1) is 121. The minimum Gasteiger partial charge on any atom is -0.494 e. The summed E-state index contributed by atoms with van der Waals surface area (Å²) in [4.78, 5) is 99.4. The van der Waals surface area contributed by atoms with Gasteiger partial charge in [0.2, 0.25) is 5.88 Å². The van der Waals surface area contributed by atoms with Crippen LogP contribution in [0.2, 0.25) is 0 Å². The zero-order chi connectivity index (χ0) is 108. The van der Waals surface area contributed by atoms with E-state index in [-0.39, 0.29) is 47.2 Å². The smallest absolute Gasteiger partial charge is 0.335 e. The Kier molecular flexibility index (Phi) is 56.4. The van der Waals surface area contributed by atoms with Crippen LogP contribution in [0.15, 0.2) is 267 Å². The summed E-state index contributed by atoms with van der Waals surface area (Å²) in [5, 5.41) is 49.4. The molecule has 0 saturated heterocycles. The Labute approximate surface area is 890 Å². The van der Waals surface area contributed by atoms with Crippen molar-refractivity contribution in [3.05, 3.63) is 334 Å². The molecule has 0 amide bonds. The largest absolute Gasteiger partial charge is 0.494 e. The molecule has 0 atom stereocenters. The number of aromatic carboxylic acids is 5. The summed E-state index contributed by atoms with van der Waals surface area (Å²) in [7, 11) is 0. The average Bonchev–Trinajstić information content (AvgIpc) is 1.60. The fourth-order valence-electron chi connectivity index (χ4n) is 16.3. The van der Waals surface area contributed by atoms with Crippen molar-refractivity contribution in [3.8, 4) is 83.6 Å². The molecule has 0 fully saturated rings. The molecule has 2 heterocycles. The number of ketones is 2. The molecule has 150 heavy (non-hydrogen) atoms. The van der Waals surface area contributed by atoms with Crippen molar-refractivity contribution in [1.29, 1.82) is 0 Å². The Balaban J connectivity index is 0.000000220. The molecule has 5 N–H and O–H groups in total. The lowest BCUT2D eigenvalue weighted by Gasteiger charge is -2.08. The number of carbonyl (C=O) groups is 8. The van der Waals surface area contributed by atoms with Crippen molar-refractivity contribution in [1.82, 2.24) is 19.7 Å². The number of halogens is 1. The Hall–Kier alpha value is -14.2. The van der Waals surface area contributed by atoms with Crippen LogP contribution in [-0.2, 0) is 40.0 Å². The van der Waals surface area contributed by atoms with Gasteiger partial charge in [0.05, 0.1) is 52.3 Å². The molecule has 0 unspecified atom stereocenters. The Morgan fingerprint density at radius 3 is 1.02 bits per heavy atom. The molecule has 0 aliphatic heterocycles. The predicted molar refractivity (Wildman–Crippen MR) is 601 cm³/mol. The quantitative estimate of drug-likeness (QED) is 0.0221. The maximum atomic E-state index is 14.1. The fraction of sp³-hybridized carbons (Fsp3) is 0.378. The second-order valence-electron chi connectivity index (χ2n) is 37.5. The van der Waals surface area contributed by atoms with Crippen molar-refractivity contribution in [2.45, 2.75) is 280 Å². The summed E-state index contributed by atoms with van der Waals surface area (Å²) in [6.07, 6.45) is 42.8. The van der Waals surface area contributed by atoms with Gasteiger partial charge in [0.25, 0.3) is 5.91 Å². The van der Waals surface area contributed by atoms with Gasteiger partial charge in [-0.15, -0.1) is 16.4 Å². The number of aromatic nitrogens is 4. The van der Waals surface area contributed by atoms with E-state index in [1.54, 1.807) is 84.9 Å². The minimum absolute atomic E-state index is 0.0325. The zero-order valence-corrected chi connectivity index (χ0v) is 89.7. The van der Waals surface area contributed by atoms with Crippen LogP contribution in [0.1, 0.15) is 337 Å². The lowest BCUT2D eigenvalue weighted by Crippen LogP contribution is -2.13. The first-order chi connectivity index (χ1) is 72.8. The molecule has 0 radical (unpaired) electrons. The normalized spacial score (nSPS) is 10.7. The van der Waals surface area contributed by atoms with Crippen molar-refractivity contribution in [2.24, 2.45) is 0 Å². The summed E-state index contributed by atoms with van der Waals surface area (Å²) in [6, 6.07) is 79.7. The van der Waals surface area contributed by atoms with Gasteiger partial charge >= 0.3 is 29.8 Å². The number of hydrogen-bond donors (Lipinski definition) is 5. The monoisotopic (exact) mass is 2060 g/mol. The van der Waals surface area contributed by atoms with Gasteiger partial charge in [0.1, 0.15) is 47.6 Å². The summed E-state index contributed by atoms with van der Waals surface area (Å²) in [6.45, 7) is 19.3. The molecule has 0 saturated carbocycles. The van der Waals surface area contributed by atoms with E-state index in [0.29, 0.717) is 53.6 Å². The van der Waals surface area contributed by atoms with Crippen LogP contribution in [0.25, 0.3) is 66.2 Å². The van der Waals surface area contributed by atoms with Crippen LogP contribution >= 0.6 is 11.3 Å². The number of carboxylic acids is 5. The average molecular weight is 2060 g/mol. The maximum absolute atomic E-state index is 14.1. The van der Waals surface area contributed by atoms with Gasteiger partial charge in [-0.3, -0.25) is 14.4 Å². The van der Waals surface area contributed by atoms with Gasteiger partial charge in [0.15, 0.2) is 11.6 Å². The van der Waals surface area contributed by atoms with E-state index in [0.717, 1.165) is 148 Å². The number of rotatable bonds is 58. The number of hydrogen-bond acceptors (Lipinski definition) is 16. The van der Waals surface area contributed by atoms with Gasteiger partial charge in [-0.2, -0.15) is 4.68 Å². The van der Waals surface area contributed by atoms with E-state index >= 15 is 0 Å². The third kappa shape index (κ3) is 45.5. The van der Waals surface area contributed by atoms with Crippen molar-refractivity contribution in [3.63, 3.8) is 0 Å². The highest BCUT2D eigenvalue weighted by molar-refractivity contribution is 7.15. The molecular weight excluding hydrogens is 1900 g/mol. The van der Waals surface area contributed by atoms with Crippen molar-refractivity contribution < 1.29 is 87.2 Å². The Bertz CT molecular complexity index is 6130. The van der Waals surface area contributed by atoms with E-state index in [9.17, 15) is 42.7 Å². The number of thiazole rings is 1. The number of carboxylic acid groups (broad SMARTS) is 5. The molecule has 11 aromatic carbocycles. The van der Waals surface area contributed by atoms with Crippen LogP contribution in [0, 0.1) is 12.7 Å². The molecule has 0 spiro atoms. The van der Waals surface area contributed by atoms with E-state index in [4.69, 9.17) is 44.5 Å². The van der Waals surface area contributed by atoms with E-state index in [1.165, 1.54) is 219 Å². The summed E-state index contributed by atoms with van der Waals surface area (Å²) in [5.74, 6) is -2.95. The van der Waals surface area contributed by atoms with E-state index in [1.807, 2.05) is 116 Å². The summed E-state index contributed by atoms with van der Waals surface area (Å²) in [5.41, 5.74) is 16.1. The number of nitrogens with zero attached hydrogens (tertiary/aromatic N) is 4. The third-order valence-corrected chi connectivity index (χ3v) is 26.3. The zero-order valence-electron chi connectivity index (χ0n) is 88.9. The standard InChI is InChI=1S/C26H31N3O2.C23H30O3.C20H23FO2.C20H25NO4S.C19H22O4.C19H22O2/c1-3-4-5-6-7-8-9-21-10-12-22(13-11-21)23-14-16-24(17-15-23)26(31)29-19-27-25(28-29)18-20(2)30;1-2-3-4-5-6-7-8-9-18-26-22-16-14-20(15-17-22)19-10-12-21(13-11-19)23(24)25;1-2-3-4-5-6-7-15-8-10-16(11-9-15)18-13-12-17(20(22)23)14-19(18)21;1-3-4-5-6-7-8-17(22)13-25-18-14(2)26-19(21-18)15-9-11-16(12-10-15)20(23)24;1-2-3-12-22-13-14-23-18-10-8-16(9-11-18)15-4-6-17(7-5-15)19(20)21;1-2-3-4-5-6-15-7-9-16(10-8-15)17-11-13-18(14-12-17)19(20)21/h10-17,19H,3-9,18H2,1-2H3;10-17H,2-9,18H2,1H3,(H,24,25);8-14H,2-7H2,1H3,(H,22,23);9-12H,3-8,13H2,1-2H3,(H,23,24);4-11H,2-3,12-14H2,1H3,(H,20,21);7-14H,2-6H2,1H3,(H,20,21). The maximum Gasteiger partial charge on any atom is 0.335 e. The van der Waals surface area contributed by atoms with E-state index < -0.39 is 35.7 Å². The highest BCUT2D eigenvalue weighted by Crippen LogP contribution is 2.34. The molecule has 21 nitrogen and oxygen atoms in total. The van der Waals surface area contributed by atoms with Crippen LogP contribution in [0.3, 0.4) is 0 Å². The minimum atomic E-state index is -1.12. The highest BCUT2D eigenvalue weighted by atomic mass is 32.1. The number of benzene rings is 11. The van der Waals surface area contributed by atoms with Gasteiger partial charge in [0, 0.05) is 29.7 Å².